The van der Waals surface area contributed by atoms with Crippen molar-refractivity contribution in [1.29, 1.82) is 0 Å². The molecule has 0 saturated heterocycles. The zero-order valence-electron chi connectivity index (χ0n) is 13.8. The Morgan fingerprint density at radius 1 is 1.12 bits per heavy atom. The fourth-order valence-electron chi connectivity index (χ4n) is 2.39. The largest absolute Gasteiger partial charge is 0.441 e. The fourth-order valence-corrected chi connectivity index (χ4v) is 2.39. The maximum atomic E-state index is 13.6. The first-order chi connectivity index (χ1) is 11.9. The van der Waals surface area contributed by atoms with Gasteiger partial charge in [-0.3, -0.25) is 4.79 Å². The van der Waals surface area contributed by atoms with E-state index in [9.17, 15) is 13.6 Å². The van der Waals surface area contributed by atoms with Gasteiger partial charge in [-0.2, -0.15) is 0 Å². The third-order valence-corrected chi connectivity index (χ3v) is 3.82. The maximum absolute atomic E-state index is 13.6. The molecule has 0 radical (unpaired) electrons. The van der Waals surface area contributed by atoms with Gasteiger partial charge in [0, 0.05) is 16.8 Å². The van der Waals surface area contributed by atoms with Crippen LogP contribution in [-0.4, -0.2) is 10.9 Å². The molecule has 4 nitrogen and oxygen atoms in total. The van der Waals surface area contributed by atoms with Crippen molar-refractivity contribution in [1.82, 2.24) is 4.98 Å². The van der Waals surface area contributed by atoms with Crippen LogP contribution in [0.2, 0.25) is 0 Å². The summed E-state index contributed by atoms with van der Waals surface area (Å²) in [6.07, 6.45) is -0.389. The Balaban J connectivity index is 1.77. The van der Waals surface area contributed by atoms with Gasteiger partial charge in [-0.05, 0) is 44.2 Å². The Kier molecular flexibility index (Phi) is 4.61. The molecule has 0 fully saturated rings. The number of nitrogens with one attached hydrogen (secondary N) is 1. The van der Waals surface area contributed by atoms with E-state index in [0.29, 0.717) is 17.1 Å². The first kappa shape index (κ1) is 16.8. The quantitative estimate of drug-likeness (QED) is 0.764. The molecule has 0 unspecified atom stereocenters. The highest BCUT2D eigenvalue weighted by molar-refractivity contribution is 5.92. The van der Waals surface area contributed by atoms with Gasteiger partial charge in [0.15, 0.2) is 0 Å². The van der Waals surface area contributed by atoms with Crippen molar-refractivity contribution < 1.29 is 18.0 Å². The lowest BCUT2D eigenvalue weighted by Crippen LogP contribution is -2.16. The third kappa shape index (κ3) is 3.74. The number of carbonyl (C=O) groups is 1. The van der Waals surface area contributed by atoms with Gasteiger partial charge >= 0.3 is 0 Å². The molecule has 0 aliphatic rings. The standard InChI is InChI=1S/C19H16F2N2O2/c1-11-12(2)25-19(22-11)13-5-3-6-14(9-13)23-18(24)10-15-16(20)7-4-8-17(15)21/h3-9H,10H2,1-2H3,(H,23,24). The minimum atomic E-state index is -0.741. The van der Waals surface area contributed by atoms with Crippen LogP contribution >= 0.6 is 0 Å². The minimum absolute atomic E-state index is 0.255. The zero-order chi connectivity index (χ0) is 18.0. The van der Waals surface area contributed by atoms with Crippen LogP contribution in [0.1, 0.15) is 17.0 Å². The van der Waals surface area contributed by atoms with Crippen LogP contribution in [0.3, 0.4) is 0 Å². The number of hydrogen-bond acceptors (Lipinski definition) is 3. The molecular weight excluding hydrogens is 326 g/mol. The van der Waals surface area contributed by atoms with E-state index in [1.165, 1.54) is 6.07 Å². The number of aryl methyl sites for hydroxylation is 2. The number of anilines is 1. The molecule has 1 N–H and O–H groups in total. The summed E-state index contributed by atoms with van der Waals surface area (Å²) in [6.45, 7) is 3.66. The van der Waals surface area contributed by atoms with E-state index >= 15 is 0 Å². The van der Waals surface area contributed by atoms with E-state index in [-0.39, 0.29) is 12.0 Å². The van der Waals surface area contributed by atoms with Crippen LogP contribution in [-0.2, 0) is 11.2 Å². The number of halogens is 2. The highest BCUT2D eigenvalue weighted by Gasteiger charge is 2.14. The molecular formula is C19H16F2N2O2. The smallest absolute Gasteiger partial charge is 0.229 e. The number of aromatic nitrogens is 1. The van der Waals surface area contributed by atoms with Gasteiger partial charge in [0.25, 0.3) is 0 Å². The van der Waals surface area contributed by atoms with Crippen LogP contribution < -0.4 is 5.32 Å². The number of hydrogen-bond donors (Lipinski definition) is 1. The summed E-state index contributed by atoms with van der Waals surface area (Å²) in [7, 11) is 0. The Bertz CT molecular complexity index is 895. The van der Waals surface area contributed by atoms with Crippen molar-refractivity contribution in [2.75, 3.05) is 5.32 Å². The first-order valence-electron chi connectivity index (χ1n) is 7.71. The molecule has 0 bridgehead atoms. The molecule has 0 aliphatic heterocycles. The molecule has 6 heteroatoms. The average molecular weight is 342 g/mol. The molecule has 0 atom stereocenters. The summed E-state index contributed by atoms with van der Waals surface area (Å²) in [5.74, 6) is -0.823. The summed E-state index contributed by atoms with van der Waals surface area (Å²) in [5, 5.41) is 2.63. The van der Waals surface area contributed by atoms with Gasteiger partial charge in [-0.25, -0.2) is 13.8 Å². The monoisotopic (exact) mass is 342 g/mol. The molecule has 25 heavy (non-hydrogen) atoms. The second-order valence-electron chi connectivity index (χ2n) is 5.67. The first-order valence-corrected chi connectivity index (χ1v) is 7.71. The Labute approximate surface area is 143 Å². The number of benzene rings is 2. The van der Waals surface area contributed by atoms with Crippen LogP contribution in [0, 0.1) is 25.5 Å². The SMILES string of the molecule is Cc1nc(-c2cccc(NC(=O)Cc3c(F)cccc3F)c2)oc1C. The van der Waals surface area contributed by atoms with Crippen LogP contribution in [0.25, 0.3) is 11.5 Å². The zero-order valence-corrected chi connectivity index (χ0v) is 13.8. The molecule has 2 aromatic carbocycles. The summed E-state index contributed by atoms with van der Waals surface area (Å²) >= 11 is 0. The summed E-state index contributed by atoms with van der Waals surface area (Å²) in [6, 6.07) is 10.4. The van der Waals surface area contributed by atoms with Gasteiger partial charge in [0.1, 0.15) is 17.4 Å². The Hall–Kier alpha value is -3.02. The number of amides is 1. The molecule has 0 spiro atoms. The molecule has 3 rings (SSSR count). The molecule has 1 heterocycles. The van der Waals surface area contributed by atoms with Crippen molar-refractivity contribution in [3.63, 3.8) is 0 Å². The van der Waals surface area contributed by atoms with Crippen LogP contribution in [0.15, 0.2) is 46.9 Å². The molecule has 1 aromatic heterocycles. The average Bonchev–Trinajstić information content (AvgIpc) is 2.91. The van der Waals surface area contributed by atoms with Crippen LogP contribution in [0.4, 0.5) is 14.5 Å². The number of carbonyl (C=O) groups excluding carboxylic acids is 1. The highest BCUT2D eigenvalue weighted by Crippen LogP contribution is 2.24. The second-order valence-corrected chi connectivity index (χ2v) is 5.67. The van der Waals surface area contributed by atoms with E-state index < -0.39 is 17.5 Å². The summed E-state index contributed by atoms with van der Waals surface area (Å²) in [4.78, 5) is 16.4. The van der Waals surface area contributed by atoms with Crippen molar-refractivity contribution >= 4 is 11.6 Å². The normalized spacial score (nSPS) is 10.7. The van der Waals surface area contributed by atoms with Crippen molar-refractivity contribution in [3.8, 4) is 11.5 Å². The van der Waals surface area contributed by atoms with E-state index in [0.717, 1.165) is 23.6 Å². The lowest BCUT2D eigenvalue weighted by Gasteiger charge is -2.08. The molecule has 3 aromatic rings. The van der Waals surface area contributed by atoms with Gasteiger partial charge in [0.2, 0.25) is 11.8 Å². The highest BCUT2D eigenvalue weighted by atomic mass is 19.1. The minimum Gasteiger partial charge on any atom is -0.441 e. The van der Waals surface area contributed by atoms with Gasteiger partial charge in [0.05, 0.1) is 12.1 Å². The number of nitrogens with zero attached hydrogens (tertiary/aromatic N) is 1. The van der Waals surface area contributed by atoms with Crippen molar-refractivity contribution in [3.05, 3.63) is 71.1 Å². The predicted molar refractivity (Wildman–Crippen MR) is 90.1 cm³/mol. The van der Waals surface area contributed by atoms with Crippen molar-refractivity contribution in [2.24, 2.45) is 0 Å². The Morgan fingerprint density at radius 3 is 2.44 bits per heavy atom. The van der Waals surface area contributed by atoms with E-state index in [1.807, 2.05) is 13.8 Å². The second kappa shape index (κ2) is 6.84. The van der Waals surface area contributed by atoms with Gasteiger partial charge in [-0.15, -0.1) is 0 Å². The van der Waals surface area contributed by atoms with E-state index in [2.05, 4.69) is 10.3 Å². The lowest BCUT2D eigenvalue weighted by atomic mass is 10.1. The topological polar surface area (TPSA) is 55.1 Å². The predicted octanol–water partition coefficient (Wildman–Crippen LogP) is 4.42. The molecule has 0 saturated carbocycles. The number of rotatable bonds is 4. The Morgan fingerprint density at radius 2 is 1.80 bits per heavy atom. The molecule has 128 valence electrons. The molecule has 1 amide bonds. The third-order valence-electron chi connectivity index (χ3n) is 3.82. The maximum Gasteiger partial charge on any atom is 0.229 e. The van der Waals surface area contributed by atoms with Crippen LogP contribution in [0.5, 0.6) is 0 Å². The summed E-state index contributed by atoms with van der Waals surface area (Å²) < 4.78 is 32.8. The molecule has 0 aliphatic carbocycles. The van der Waals surface area contributed by atoms with Crippen molar-refractivity contribution in [2.45, 2.75) is 20.3 Å². The fraction of sp³-hybridized carbons (Fsp3) is 0.158. The van der Waals surface area contributed by atoms with E-state index in [1.54, 1.807) is 24.3 Å². The van der Waals surface area contributed by atoms with Gasteiger partial charge in [-0.1, -0.05) is 12.1 Å². The number of oxazole rings is 1. The van der Waals surface area contributed by atoms with E-state index in [4.69, 9.17) is 4.42 Å². The lowest BCUT2D eigenvalue weighted by molar-refractivity contribution is -0.115. The van der Waals surface area contributed by atoms with Gasteiger partial charge < -0.3 is 9.73 Å². The summed E-state index contributed by atoms with van der Waals surface area (Å²) in [5.41, 5.74) is 1.73.